The Kier molecular flexibility index (Phi) is 4.73. The number of aryl methyl sites for hydroxylation is 1. The first-order chi connectivity index (χ1) is 9.87. The number of rotatable bonds is 5. The third kappa shape index (κ3) is 3.13. The number of hydrogen-bond acceptors (Lipinski definition) is 5. The Bertz CT molecular complexity index is 517. The van der Waals surface area contributed by atoms with Gasteiger partial charge >= 0.3 is 0 Å². The Hall–Kier alpha value is -1.34. The minimum Gasteiger partial charge on any atom is -0.394 e. The zero-order valence-electron chi connectivity index (χ0n) is 12.0. The summed E-state index contributed by atoms with van der Waals surface area (Å²) in [7, 11) is 0. The lowest BCUT2D eigenvalue weighted by molar-refractivity contribution is -0.193. The quantitative estimate of drug-likeness (QED) is 0.793. The molecule has 0 unspecified atom stereocenters. The van der Waals surface area contributed by atoms with E-state index in [4.69, 9.17) is 14.6 Å². The maximum atomic E-state index is 13.8. The molecule has 1 aliphatic rings. The fraction of sp³-hybridized carbons (Fsp3) is 0.533. The third-order valence-electron chi connectivity index (χ3n) is 3.65. The number of carbonyl (C=O) groups excluding carboxylic acids is 1. The summed E-state index contributed by atoms with van der Waals surface area (Å²) in [6.07, 6.45) is -4.22. The fourth-order valence-electron chi connectivity index (χ4n) is 2.33. The van der Waals surface area contributed by atoms with Gasteiger partial charge in [0.1, 0.15) is 18.3 Å². The normalized spacial score (nSPS) is 32.3. The Morgan fingerprint density at radius 2 is 2.14 bits per heavy atom. The molecule has 0 radical (unpaired) electrons. The lowest BCUT2D eigenvalue weighted by Gasteiger charge is -2.24. The molecule has 2 N–H and O–H groups in total. The molecule has 1 saturated heterocycles. The van der Waals surface area contributed by atoms with Crippen LogP contribution in [0.1, 0.15) is 22.8 Å². The van der Waals surface area contributed by atoms with E-state index < -0.39 is 30.8 Å². The first kappa shape index (κ1) is 16.0. The molecule has 1 aromatic carbocycles. The van der Waals surface area contributed by atoms with Crippen LogP contribution in [-0.4, -0.2) is 53.4 Å². The van der Waals surface area contributed by atoms with Gasteiger partial charge in [0.25, 0.3) is 0 Å². The summed E-state index contributed by atoms with van der Waals surface area (Å²) in [4.78, 5) is 12.1. The first-order valence-corrected chi connectivity index (χ1v) is 6.71. The van der Waals surface area contributed by atoms with Crippen molar-refractivity contribution in [1.82, 2.24) is 0 Å². The number of halogens is 1. The topological polar surface area (TPSA) is 76.0 Å². The lowest BCUT2D eigenvalue weighted by Crippen LogP contribution is -2.45. The second-order valence-corrected chi connectivity index (χ2v) is 5.37. The molecule has 21 heavy (non-hydrogen) atoms. The molecule has 0 aliphatic carbocycles. The van der Waals surface area contributed by atoms with Crippen molar-refractivity contribution < 1.29 is 28.9 Å². The van der Waals surface area contributed by atoms with Crippen LogP contribution >= 0.6 is 0 Å². The zero-order chi connectivity index (χ0) is 15.6. The second-order valence-electron chi connectivity index (χ2n) is 5.37. The number of benzene rings is 1. The highest BCUT2D eigenvalue weighted by Crippen LogP contribution is 2.33. The van der Waals surface area contributed by atoms with Gasteiger partial charge in [0.2, 0.25) is 0 Å². The van der Waals surface area contributed by atoms with Crippen molar-refractivity contribution in [3.8, 4) is 0 Å². The highest BCUT2D eigenvalue weighted by molar-refractivity contribution is 5.98. The molecule has 116 valence electrons. The van der Waals surface area contributed by atoms with E-state index in [1.165, 1.54) is 6.92 Å². The predicted octanol–water partition coefficient (Wildman–Crippen LogP) is 1.00. The van der Waals surface area contributed by atoms with Crippen molar-refractivity contribution in [3.05, 3.63) is 35.4 Å². The van der Waals surface area contributed by atoms with E-state index in [1.54, 1.807) is 25.1 Å². The average molecular weight is 298 g/mol. The summed E-state index contributed by atoms with van der Waals surface area (Å²) in [5.41, 5.74) is -0.591. The third-order valence-corrected chi connectivity index (χ3v) is 3.65. The van der Waals surface area contributed by atoms with Gasteiger partial charge in [-0.1, -0.05) is 24.3 Å². The minimum atomic E-state index is -1.90. The van der Waals surface area contributed by atoms with Crippen molar-refractivity contribution >= 4 is 5.78 Å². The van der Waals surface area contributed by atoms with E-state index in [1.807, 2.05) is 6.07 Å². The summed E-state index contributed by atoms with van der Waals surface area (Å²) < 4.78 is 24.2. The van der Waals surface area contributed by atoms with Gasteiger partial charge in [-0.3, -0.25) is 4.79 Å². The van der Waals surface area contributed by atoms with Crippen LogP contribution in [0.2, 0.25) is 0 Å². The van der Waals surface area contributed by atoms with Gasteiger partial charge in [0, 0.05) is 5.56 Å². The summed E-state index contributed by atoms with van der Waals surface area (Å²) in [5.74, 6) is -0.282. The largest absolute Gasteiger partial charge is 0.394 e. The fourth-order valence-corrected chi connectivity index (χ4v) is 2.33. The summed E-state index contributed by atoms with van der Waals surface area (Å²) in [5, 5.41) is 19.0. The van der Waals surface area contributed by atoms with Crippen LogP contribution < -0.4 is 0 Å². The Balaban J connectivity index is 2.00. The molecule has 1 heterocycles. The molecule has 0 saturated carbocycles. The molecule has 2 rings (SSSR count). The van der Waals surface area contributed by atoms with Crippen molar-refractivity contribution in [3.63, 3.8) is 0 Å². The Labute approximate surface area is 122 Å². The van der Waals surface area contributed by atoms with Gasteiger partial charge in [-0.25, -0.2) is 4.39 Å². The number of hydrogen-bond donors (Lipinski definition) is 2. The Morgan fingerprint density at radius 1 is 1.48 bits per heavy atom. The molecule has 0 aromatic heterocycles. The highest BCUT2D eigenvalue weighted by Gasteiger charge is 2.54. The summed E-state index contributed by atoms with van der Waals surface area (Å²) in [6, 6.07) is 7.03. The second kappa shape index (κ2) is 6.19. The number of alkyl halides is 1. The molecule has 0 spiro atoms. The molecule has 1 aromatic rings. The van der Waals surface area contributed by atoms with E-state index in [0.717, 1.165) is 5.56 Å². The number of ketones is 1. The summed E-state index contributed by atoms with van der Waals surface area (Å²) >= 11 is 0. The van der Waals surface area contributed by atoms with Gasteiger partial charge in [0.15, 0.2) is 18.2 Å². The number of aliphatic hydroxyl groups excluding tert-OH is 1. The van der Waals surface area contributed by atoms with Crippen LogP contribution in [0.25, 0.3) is 0 Å². The molecular weight excluding hydrogens is 279 g/mol. The van der Waals surface area contributed by atoms with E-state index in [9.17, 15) is 14.3 Å². The molecule has 0 bridgehead atoms. The lowest BCUT2D eigenvalue weighted by atomic mass is 9.99. The average Bonchev–Trinajstić information content (AvgIpc) is 2.67. The monoisotopic (exact) mass is 298 g/mol. The van der Waals surface area contributed by atoms with Crippen molar-refractivity contribution in [2.75, 3.05) is 13.2 Å². The maximum absolute atomic E-state index is 13.8. The standard InChI is InChI=1S/C15H19FO5/c1-9-5-3-4-6-10(9)11(18)8-20-14-15(2,19)13(16)12(7-17)21-14/h3-6,12-14,17,19H,7-8H2,1-2H3/t12-,13-,14+,15-/m1/s1. The van der Waals surface area contributed by atoms with Gasteiger partial charge in [-0.2, -0.15) is 0 Å². The van der Waals surface area contributed by atoms with E-state index in [-0.39, 0.29) is 12.4 Å². The van der Waals surface area contributed by atoms with Crippen molar-refractivity contribution in [1.29, 1.82) is 0 Å². The SMILES string of the molecule is Cc1ccccc1C(=O)CO[C@H]1O[C@H](CO)[C@@H](F)[C@@]1(C)O. The van der Waals surface area contributed by atoms with Gasteiger partial charge in [0.05, 0.1) is 6.61 Å². The summed E-state index contributed by atoms with van der Waals surface area (Å²) in [6.45, 7) is 2.12. The number of carbonyl (C=O) groups is 1. The van der Waals surface area contributed by atoms with Crippen molar-refractivity contribution in [2.45, 2.75) is 38.0 Å². The highest BCUT2D eigenvalue weighted by atomic mass is 19.1. The molecular formula is C15H19FO5. The molecule has 1 aliphatic heterocycles. The van der Waals surface area contributed by atoms with Crippen LogP contribution in [0.5, 0.6) is 0 Å². The van der Waals surface area contributed by atoms with E-state index in [0.29, 0.717) is 5.56 Å². The molecule has 1 fully saturated rings. The maximum Gasteiger partial charge on any atom is 0.190 e. The van der Waals surface area contributed by atoms with Crippen molar-refractivity contribution in [2.24, 2.45) is 0 Å². The molecule has 4 atom stereocenters. The van der Waals surface area contributed by atoms with Crippen LogP contribution in [0, 0.1) is 6.92 Å². The number of Topliss-reactive ketones (excluding diaryl/α,β-unsaturated/α-hetero) is 1. The minimum absolute atomic E-state index is 0.282. The molecule has 0 amide bonds. The van der Waals surface area contributed by atoms with E-state index >= 15 is 0 Å². The predicted molar refractivity (Wildman–Crippen MR) is 72.7 cm³/mol. The zero-order valence-corrected chi connectivity index (χ0v) is 12.0. The van der Waals surface area contributed by atoms with Crippen LogP contribution in [0.4, 0.5) is 4.39 Å². The smallest absolute Gasteiger partial charge is 0.190 e. The number of aliphatic hydroxyl groups is 2. The van der Waals surface area contributed by atoms with Gasteiger partial charge in [-0.05, 0) is 19.4 Å². The number of ether oxygens (including phenoxy) is 2. The van der Waals surface area contributed by atoms with Crippen LogP contribution in [0.15, 0.2) is 24.3 Å². The Morgan fingerprint density at radius 3 is 2.71 bits per heavy atom. The molecule has 6 heteroatoms. The van der Waals surface area contributed by atoms with Gasteiger partial charge in [-0.15, -0.1) is 0 Å². The van der Waals surface area contributed by atoms with Crippen LogP contribution in [0.3, 0.4) is 0 Å². The van der Waals surface area contributed by atoms with Crippen LogP contribution in [-0.2, 0) is 9.47 Å². The van der Waals surface area contributed by atoms with E-state index in [2.05, 4.69) is 0 Å². The first-order valence-electron chi connectivity index (χ1n) is 6.71. The van der Waals surface area contributed by atoms with Gasteiger partial charge < -0.3 is 19.7 Å². The molecule has 5 nitrogen and oxygen atoms in total.